The lowest BCUT2D eigenvalue weighted by atomic mass is 10.0. The highest BCUT2D eigenvalue weighted by Crippen LogP contribution is 2.31. The number of para-hydroxylation sites is 1. The Morgan fingerprint density at radius 2 is 1.79 bits per heavy atom. The lowest BCUT2D eigenvalue weighted by molar-refractivity contribution is -0.274. The van der Waals surface area contributed by atoms with Crippen LogP contribution in [0.2, 0.25) is 0 Å². The van der Waals surface area contributed by atoms with Gasteiger partial charge in [0.05, 0.1) is 5.56 Å². The first kappa shape index (κ1) is 22.4. The number of alkyl halides is 3. The maximum atomic E-state index is 13.2. The van der Waals surface area contributed by atoms with E-state index in [-0.39, 0.29) is 23.4 Å². The van der Waals surface area contributed by atoms with E-state index < -0.39 is 30.0 Å². The summed E-state index contributed by atoms with van der Waals surface area (Å²) in [5.41, 5.74) is 0.253. The summed E-state index contributed by atoms with van der Waals surface area (Å²) in [5, 5.41) is 14.5. The van der Waals surface area contributed by atoms with E-state index in [9.17, 15) is 27.9 Å². The molecule has 0 radical (unpaired) electrons. The number of ether oxygens (including phenoxy) is 1. The molecule has 1 aliphatic heterocycles. The van der Waals surface area contributed by atoms with E-state index in [1.807, 2.05) is 12.1 Å². The van der Waals surface area contributed by atoms with Gasteiger partial charge in [-0.05, 0) is 30.4 Å². The molecule has 1 saturated heterocycles. The summed E-state index contributed by atoms with van der Waals surface area (Å²) in [6, 6.07) is 15.1. The molecule has 0 spiro atoms. The van der Waals surface area contributed by atoms with E-state index in [0.29, 0.717) is 24.8 Å². The number of aromatic hydroxyl groups is 1. The highest BCUT2D eigenvalue weighted by molar-refractivity contribution is 6.05. The average Bonchev–Trinajstić information content (AvgIpc) is 3.27. The third kappa shape index (κ3) is 4.87. The molecular weight excluding hydrogens is 437 g/mol. The van der Waals surface area contributed by atoms with E-state index >= 15 is 0 Å². The molecule has 3 aromatic rings. The van der Waals surface area contributed by atoms with Gasteiger partial charge >= 0.3 is 6.36 Å². The fourth-order valence-electron chi connectivity index (χ4n) is 4.04. The van der Waals surface area contributed by atoms with Crippen molar-refractivity contribution >= 4 is 22.6 Å². The van der Waals surface area contributed by atoms with Crippen molar-refractivity contribution in [3.63, 3.8) is 0 Å². The van der Waals surface area contributed by atoms with Gasteiger partial charge < -0.3 is 20.1 Å². The Labute approximate surface area is 187 Å². The molecule has 9 heteroatoms. The normalized spacial score (nSPS) is 16.1. The molecule has 1 fully saturated rings. The van der Waals surface area contributed by atoms with Crippen LogP contribution in [0.4, 0.5) is 13.2 Å². The zero-order valence-electron chi connectivity index (χ0n) is 17.4. The largest absolute Gasteiger partial charge is 0.573 e. The molecule has 4 rings (SSSR count). The minimum absolute atomic E-state index is 0.0947. The molecule has 0 saturated carbocycles. The number of amides is 2. The molecule has 1 unspecified atom stereocenters. The second kappa shape index (κ2) is 9.01. The maximum absolute atomic E-state index is 13.2. The van der Waals surface area contributed by atoms with Gasteiger partial charge in [-0.3, -0.25) is 9.59 Å². The predicted octanol–water partition coefficient (Wildman–Crippen LogP) is 4.37. The fraction of sp³-hybridized carbons (Fsp3) is 0.250. The minimum Gasteiger partial charge on any atom is -0.506 e. The monoisotopic (exact) mass is 458 g/mol. The van der Waals surface area contributed by atoms with Crippen molar-refractivity contribution in [2.24, 2.45) is 0 Å². The molecule has 0 aliphatic carbocycles. The highest BCUT2D eigenvalue weighted by atomic mass is 19.4. The SMILES string of the molecule is O=C(NCc1ccccc1OC(F)(F)F)C1CCCN1C(=O)c1ccc2ccccc2c1O. The standard InChI is InChI=1S/C24H21F3N2O4/c25-24(26,27)33-20-10-4-2-7-16(20)14-28-22(31)19-9-5-13-29(19)23(32)18-12-11-15-6-1-3-8-17(15)21(18)30/h1-4,6-8,10-12,19,30H,5,9,13-14H2,(H,28,31). The Morgan fingerprint density at radius 1 is 1.06 bits per heavy atom. The molecule has 0 bridgehead atoms. The fourth-order valence-corrected chi connectivity index (χ4v) is 4.04. The van der Waals surface area contributed by atoms with Crippen LogP contribution in [0.3, 0.4) is 0 Å². The van der Waals surface area contributed by atoms with Crippen molar-refractivity contribution in [1.82, 2.24) is 10.2 Å². The zero-order chi connectivity index (χ0) is 23.6. The van der Waals surface area contributed by atoms with Crippen molar-refractivity contribution < 1.29 is 32.6 Å². The van der Waals surface area contributed by atoms with Crippen molar-refractivity contribution in [2.75, 3.05) is 6.54 Å². The summed E-state index contributed by atoms with van der Waals surface area (Å²) in [6.07, 6.45) is -3.85. The topological polar surface area (TPSA) is 78.9 Å². The minimum atomic E-state index is -4.85. The van der Waals surface area contributed by atoms with Crippen LogP contribution in [0.15, 0.2) is 60.7 Å². The Morgan fingerprint density at radius 3 is 2.58 bits per heavy atom. The van der Waals surface area contributed by atoms with Crippen LogP contribution < -0.4 is 10.1 Å². The molecule has 1 atom stereocenters. The van der Waals surface area contributed by atoms with E-state index in [1.165, 1.54) is 29.2 Å². The van der Waals surface area contributed by atoms with Crippen LogP contribution in [0, 0.1) is 0 Å². The number of carbonyl (C=O) groups is 2. The van der Waals surface area contributed by atoms with E-state index in [0.717, 1.165) is 5.39 Å². The number of likely N-dealkylation sites (tertiary alicyclic amines) is 1. The predicted molar refractivity (Wildman–Crippen MR) is 115 cm³/mol. The molecular formula is C24H21F3N2O4. The van der Waals surface area contributed by atoms with E-state index in [4.69, 9.17) is 0 Å². The van der Waals surface area contributed by atoms with Gasteiger partial charge in [0, 0.05) is 24.0 Å². The third-order valence-electron chi connectivity index (χ3n) is 5.60. The molecule has 2 N–H and O–H groups in total. The number of fused-ring (bicyclic) bond motifs is 1. The van der Waals surface area contributed by atoms with E-state index in [2.05, 4.69) is 10.1 Å². The summed E-state index contributed by atoms with van der Waals surface area (Å²) in [4.78, 5) is 27.4. The summed E-state index contributed by atoms with van der Waals surface area (Å²) in [7, 11) is 0. The van der Waals surface area contributed by atoms with Gasteiger partial charge in [0.25, 0.3) is 5.91 Å². The number of benzene rings is 3. The van der Waals surface area contributed by atoms with Crippen LogP contribution in [0.5, 0.6) is 11.5 Å². The molecule has 2 amide bonds. The number of nitrogens with zero attached hydrogens (tertiary/aromatic N) is 1. The number of phenols is 1. The van der Waals surface area contributed by atoms with Crippen molar-refractivity contribution in [3.05, 3.63) is 71.8 Å². The quantitative estimate of drug-likeness (QED) is 0.596. The Bertz CT molecular complexity index is 1200. The van der Waals surface area contributed by atoms with Gasteiger partial charge in [-0.15, -0.1) is 13.2 Å². The maximum Gasteiger partial charge on any atom is 0.573 e. The van der Waals surface area contributed by atoms with Crippen LogP contribution >= 0.6 is 0 Å². The molecule has 0 aromatic heterocycles. The summed E-state index contributed by atoms with van der Waals surface area (Å²) in [5.74, 6) is -1.51. The molecule has 6 nitrogen and oxygen atoms in total. The summed E-state index contributed by atoms with van der Waals surface area (Å²) < 4.78 is 41.9. The van der Waals surface area contributed by atoms with Gasteiger partial charge in [-0.2, -0.15) is 0 Å². The van der Waals surface area contributed by atoms with Gasteiger partial charge in [0.1, 0.15) is 17.5 Å². The zero-order valence-corrected chi connectivity index (χ0v) is 17.4. The van der Waals surface area contributed by atoms with Crippen LogP contribution in [0.25, 0.3) is 10.8 Å². The average molecular weight is 458 g/mol. The lowest BCUT2D eigenvalue weighted by Crippen LogP contribution is -2.45. The number of hydrogen-bond acceptors (Lipinski definition) is 4. The second-order valence-corrected chi connectivity index (χ2v) is 7.71. The van der Waals surface area contributed by atoms with Gasteiger partial charge in [-0.1, -0.05) is 48.5 Å². The molecule has 172 valence electrons. The highest BCUT2D eigenvalue weighted by Gasteiger charge is 2.36. The number of phenolic OH excluding ortho intramolecular Hbond substituents is 1. The smallest absolute Gasteiger partial charge is 0.506 e. The number of hydrogen-bond donors (Lipinski definition) is 2. The Balaban J connectivity index is 1.48. The van der Waals surface area contributed by atoms with Crippen LogP contribution in [-0.2, 0) is 11.3 Å². The van der Waals surface area contributed by atoms with Crippen LogP contribution in [0.1, 0.15) is 28.8 Å². The number of carbonyl (C=O) groups excluding carboxylic acids is 2. The van der Waals surface area contributed by atoms with Gasteiger partial charge in [-0.25, -0.2) is 0 Å². The van der Waals surface area contributed by atoms with Crippen molar-refractivity contribution in [2.45, 2.75) is 31.8 Å². The number of rotatable bonds is 5. The van der Waals surface area contributed by atoms with Crippen molar-refractivity contribution in [1.29, 1.82) is 0 Å². The number of halogens is 3. The van der Waals surface area contributed by atoms with Crippen LogP contribution in [-0.4, -0.2) is 40.8 Å². The Kier molecular flexibility index (Phi) is 6.13. The number of nitrogens with one attached hydrogen (secondary N) is 1. The summed E-state index contributed by atoms with van der Waals surface area (Å²) >= 11 is 0. The van der Waals surface area contributed by atoms with Gasteiger partial charge in [0.2, 0.25) is 5.91 Å². The Hall–Kier alpha value is -3.75. The second-order valence-electron chi connectivity index (χ2n) is 7.71. The summed E-state index contributed by atoms with van der Waals surface area (Å²) in [6.45, 7) is 0.141. The molecule has 1 aliphatic rings. The first-order valence-electron chi connectivity index (χ1n) is 10.4. The first-order valence-corrected chi connectivity index (χ1v) is 10.4. The molecule has 1 heterocycles. The molecule has 33 heavy (non-hydrogen) atoms. The van der Waals surface area contributed by atoms with E-state index in [1.54, 1.807) is 24.3 Å². The first-order chi connectivity index (χ1) is 15.7. The van der Waals surface area contributed by atoms with Crippen molar-refractivity contribution in [3.8, 4) is 11.5 Å². The lowest BCUT2D eigenvalue weighted by Gasteiger charge is -2.25. The van der Waals surface area contributed by atoms with Gasteiger partial charge in [0.15, 0.2) is 0 Å². The third-order valence-corrected chi connectivity index (χ3v) is 5.60. The molecule has 3 aromatic carbocycles.